The Bertz CT molecular complexity index is 665. The summed E-state index contributed by atoms with van der Waals surface area (Å²) in [4.78, 5) is 10.1. The highest BCUT2D eigenvalue weighted by Crippen LogP contribution is 2.24. The predicted molar refractivity (Wildman–Crippen MR) is 71.8 cm³/mol. The van der Waals surface area contributed by atoms with E-state index in [4.69, 9.17) is 11.6 Å². The number of nitrogens with one attached hydrogen (secondary N) is 1. The second-order valence-electron chi connectivity index (χ2n) is 4.01. The number of nitrogens with zero attached hydrogens (tertiary/aromatic N) is 1. The van der Waals surface area contributed by atoms with Crippen LogP contribution in [0.25, 0.3) is 0 Å². The van der Waals surface area contributed by atoms with Gasteiger partial charge in [-0.3, -0.25) is 10.1 Å². The molecule has 1 N–H and O–H groups in total. The summed E-state index contributed by atoms with van der Waals surface area (Å²) < 4.78 is 26.4. The lowest BCUT2D eigenvalue weighted by Gasteiger charge is -2.09. The Morgan fingerprint density at radius 3 is 2.65 bits per heavy atom. The van der Waals surface area contributed by atoms with Gasteiger partial charge in [0.15, 0.2) is 0 Å². The second kappa shape index (κ2) is 5.83. The van der Waals surface area contributed by atoms with Gasteiger partial charge in [0.1, 0.15) is 11.6 Å². The SMILES string of the molecule is O=[N+]([O-])c1ccc(Cl)c(CNc2cc(F)ccc2F)c1. The molecule has 0 aliphatic rings. The van der Waals surface area contributed by atoms with E-state index in [1.165, 1.54) is 18.2 Å². The van der Waals surface area contributed by atoms with Crippen LogP contribution in [0.2, 0.25) is 5.02 Å². The molecular formula is C13H9ClF2N2O2. The highest BCUT2D eigenvalue weighted by molar-refractivity contribution is 6.31. The fourth-order valence-electron chi connectivity index (χ4n) is 1.63. The van der Waals surface area contributed by atoms with E-state index < -0.39 is 16.6 Å². The molecule has 2 rings (SSSR count). The van der Waals surface area contributed by atoms with E-state index in [9.17, 15) is 18.9 Å². The van der Waals surface area contributed by atoms with Crippen LogP contribution in [0.5, 0.6) is 0 Å². The number of nitro benzene ring substituents is 1. The standard InChI is InChI=1S/C13H9ClF2N2O2/c14-11-3-2-10(18(19)20)5-8(11)7-17-13-6-9(15)1-4-12(13)16/h1-6,17H,7H2. The van der Waals surface area contributed by atoms with Crippen molar-refractivity contribution in [2.24, 2.45) is 0 Å². The molecule has 0 saturated carbocycles. The quantitative estimate of drug-likeness (QED) is 0.682. The second-order valence-corrected chi connectivity index (χ2v) is 4.42. The number of anilines is 1. The van der Waals surface area contributed by atoms with Crippen LogP contribution in [0, 0.1) is 21.7 Å². The summed E-state index contributed by atoms with van der Waals surface area (Å²) in [5.74, 6) is -1.20. The minimum absolute atomic E-state index is 0.0347. The molecule has 7 heteroatoms. The Labute approximate surface area is 118 Å². The molecule has 0 saturated heterocycles. The van der Waals surface area contributed by atoms with Gasteiger partial charge in [0.05, 0.1) is 10.6 Å². The Kier molecular flexibility index (Phi) is 4.14. The van der Waals surface area contributed by atoms with Gasteiger partial charge < -0.3 is 5.32 Å². The van der Waals surface area contributed by atoms with Crippen molar-refractivity contribution in [1.29, 1.82) is 0 Å². The smallest absolute Gasteiger partial charge is 0.269 e. The van der Waals surface area contributed by atoms with Crippen molar-refractivity contribution < 1.29 is 13.7 Å². The van der Waals surface area contributed by atoms with Gasteiger partial charge in [-0.1, -0.05) is 11.6 Å². The molecule has 0 unspecified atom stereocenters. The maximum absolute atomic E-state index is 13.4. The molecule has 0 fully saturated rings. The highest BCUT2D eigenvalue weighted by atomic mass is 35.5. The normalized spacial score (nSPS) is 10.3. The summed E-state index contributed by atoms with van der Waals surface area (Å²) in [7, 11) is 0. The molecule has 20 heavy (non-hydrogen) atoms. The molecule has 0 aromatic heterocycles. The minimum Gasteiger partial charge on any atom is -0.378 e. The van der Waals surface area contributed by atoms with Gasteiger partial charge in [0.25, 0.3) is 5.69 Å². The van der Waals surface area contributed by atoms with E-state index >= 15 is 0 Å². The third kappa shape index (κ3) is 3.21. The lowest BCUT2D eigenvalue weighted by atomic mass is 10.2. The topological polar surface area (TPSA) is 55.2 Å². The van der Waals surface area contributed by atoms with Gasteiger partial charge in [-0.2, -0.15) is 0 Å². The monoisotopic (exact) mass is 298 g/mol. The van der Waals surface area contributed by atoms with E-state index in [-0.39, 0.29) is 17.9 Å². The Morgan fingerprint density at radius 1 is 1.20 bits per heavy atom. The number of benzene rings is 2. The number of non-ortho nitro benzene ring substituents is 1. The molecule has 0 aliphatic heterocycles. The van der Waals surface area contributed by atoms with Crippen molar-refractivity contribution in [1.82, 2.24) is 0 Å². The Hall–Kier alpha value is -2.21. The van der Waals surface area contributed by atoms with Crippen LogP contribution in [-0.2, 0) is 6.54 Å². The molecule has 0 spiro atoms. The van der Waals surface area contributed by atoms with Gasteiger partial charge in [0, 0.05) is 23.7 Å². The molecule has 0 aliphatic carbocycles. The molecule has 0 amide bonds. The molecule has 0 radical (unpaired) electrons. The van der Waals surface area contributed by atoms with Crippen molar-refractivity contribution in [2.45, 2.75) is 6.54 Å². The third-order valence-electron chi connectivity index (χ3n) is 2.64. The zero-order valence-electron chi connectivity index (χ0n) is 10.1. The maximum Gasteiger partial charge on any atom is 0.269 e. The van der Waals surface area contributed by atoms with Gasteiger partial charge in [-0.25, -0.2) is 8.78 Å². The molecule has 104 valence electrons. The number of nitro groups is 1. The zero-order valence-corrected chi connectivity index (χ0v) is 10.8. The summed E-state index contributed by atoms with van der Waals surface area (Å²) in [5, 5.41) is 13.6. The Morgan fingerprint density at radius 2 is 1.95 bits per heavy atom. The first-order chi connectivity index (χ1) is 9.47. The van der Waals surface area contributed by atoms with Crippen LogP contribution in [0.3, 0.4) is 0 Å². The van der Waals surface area contributed by atoms with Crippen LogP contribution >= 0.6 is 11.6 Å². The molecule has 4 nitrogen and oxygen atoms in total. The lowest BCUT2D eigenvalue weighted by molar-refractivity contribution is -0.384. The van der Waals surface area contributed by atoms with Crippen LogP contribution in [-0.4, -0.2) is 4.92 Å². The minimum atomic E-state index is -0.618. The lowest BCUT2D eigenvalue weighted by Crippen LogP contribution is -2.03. The third-order valence-corrected chi connectivity index (χ3v) is 3.01. The Balaban J connectivity index is 2.20. The molecule has 2 aromatic carbocycles. The molecule has 0 atom stereocenters. The van der Waals surface area contributed by atoms with E-state index in [0.29, 0.717) is 10.6 Å². The first-order valence-corrected chi connectivity index (χ1v) is 5.97. The van der Waals surface area contributed by atoms with Crippen molar-refractivity contribution in [3.05, 3.63) is 68.7 Å². The van der Waals surface area contributed by atoms with Crippen LogP contribution in [0.1, 0.15) is 5.56 Å². The van der Waals surface area contributed by atoms with Crippen molar-refractivity contribution in [3.63, 3.8) is 0 Å². The van der Waals surface area contributed by atoms with Gasteiger partial charge in [0.2, 0.25) is 0 Å². The van der Waals surface area contributed by atoms with Crippen LogP contribution in [0.15, 0.2) is 36.4 Å². The number of rotatable bonds is 4. The summed E-state index contributed by atoms with van der Waals surface area (Å²) >= 11 is 5.91. The predicted octanol–water partition coefficient (Wildman–Crippen LogP) is 4.14. The molecular weight excluding hydrogens is 290 g/mol. The first-order valence-electron chi connectivity index (χ1n) is 5.59. The van der Waals surface area contributed by atoms with Crippen LogP contribution in [0.4, 0.5) is 20.2 Å². The van der Waals surface area contributed by atoms with E-state index in [2.05, 4.69) is 5.32 Å². The van der Waals surface area contributed by atoms with Crippen LogP contribution < -0.4 is 5.32 Å². The highest BCUT2D eigenvalue weighted by Gasteiger charge is 2.10. The summed E-state index contributed by atoms with van der Waals surface area (Å²) in [6, 6.07) is 6.94. The van der Waals surface area contributed by atoms with E-state index in [0.717, 1.165) is 18.2 Å². The zero-order chi connectivity index (χ0) is 14.7. The van der Waals surface area contributed by atoms with Gasteiger partial charge in [-0.15, -0.1) is 0 Å². The number of hydrogen-bond acceptors (Lipinski definition) is 3. The fourth-order valence-corrected chi connectivity index (χ4v) is 1.82. The average molecular weight is 299 g/mol. The van der Waals surface area contributed by atoms with Gasteiger partial charge >= 0.3 is 0 Å². The van der Waals surface area contributed by atoms with Crippen molar-refractivity contribution >= 4 is 23.0 Å². The van der Waals surface area contributed by atoms with Crippen molar-refractivity contribution in [3.8, 4) is 0 Å². The van der Waals surface area contributed by atoms with Crippen molar-refractivity contribution in [2.75, 3.05) is 5.32 Å². The summed E-state index contributed by atoms with van der Waals surface area (Å²) in [6.45, 7) is 0.0425. The molecule has 0 heterocycles. The largest absolute Gasteiger partial charge is 0.378 e. The van der Waals surface area contributed by atoms with E-state index in [1.54, 1.807) is 0 Å². The molecule has 2 aromatic rings. The molecule has 0 bridgehead atoms. The summed E-state index contributed by atoms with van der Waals surface area (Å²) in [6.07, 6.45) is 0. The first kappa shape index (κ1) is 14.2. The number of halogens is 3. The fraction of sp³-hybridized carbons (Fsp3) is 0.0769. The number of hydrogen-bond donors (Lipinski definition) is 1. The average Bonchev–Trinajstić information content (AvgIpc) is 2.41. The summed E-state index contributed by atoms with van der Waals surface area (Å²) in [5.41, 5.74) is 0.267. The van der Waals surface area contributed by atoms with Gasteiger partial charge in [-0.05, 0) is 29.8 Å². The maximum atomic E-state index is 13.4. The van der Waals surface area contributed by atoms with E-state index in [1.807, 2.05) is 0 Å².